The number of halogens is 3. The van der Waals surface area contributed by atoms with Gasteiger partial charge in [0.2, 0.25) is 0 Å². The molecule has 0 unspecified atom stereocenters. The van der Waals surface area contributed by atoms with E-state index < -0.39 is 0 Å². The average Bonchev–Trinajstić information content (AvgIpc) is 0. The van der Waals surface area contributed by atoms with Gasteiger partial charge in [-0.15, -0.1) is 50.9 Å². The zero-order chi connectivity index (χ0) is 0. The van der Waals surface area contributed by atoms with Crippen LogP contribution in [-0.4, -0.2) is 0 Å². The number of hydrogen-bond donors (Lipinski definition) is 0. The second-order valence-electron chi connectivity index (χ2n) is 0. The summed E-state index contributed by atoms with van der Waals surface area (Å²) in [7, 11) is 0. The molecule has 0 nitrogen and oxygen atoms in total. The van der Waals surface area contributed by atoms with Gasteiger partial charge in [-0.2, -0.15) is 0 Å². The van der Waals surface area contributed by atoms with Crippen molar-refractivity contribution in [2.45, 2.75) is 0 Å². The molecule has 4 heavy (non-hydrogen) atoms. The van der Waals surface area contributed by atoms with Crippen LogP contribution in [0.25, 0.3) is 0 Å². The van der Waals surface area contributed by atoms with Crippen LogP contribution in [0.3, 0.4) is 0 Å². The van der Waals surface area contributed by atoms with E-state index in [-0.39, 0.29) is 100 Å². The van der Waals surface area contributed by atoms with Crippen molar-refractivity contribution >= 4 is 50.9 Å². The first-order valence-corrected chi connectivity index (χ1v) is 0. The van der Waals surface area contributed by atoms with Crippen LogP contribution in [0.2, 0.25) is 0 Å². The summed E-state index contributed by atoms with van der Waals surface area (Å²) in [5.74, 6) is 0. The van der Waals surface area contributed by atoms with Gasteiger partial charge in [-0.3, -0.25) is 0 Å². The Kier molecular flexibility index (Phi) is 116. The second kappa shape index (κ2) is 16.6. The summed E-state index contributed by atoms with van der Waals surface area (Å²) in [6.45, 7) is 0. The van der Waals surface area contributed by atoms with E-state index in [1.807, 2.05) is 0 Å². The van der Waals surface area contributed by atoms with Gasteiger partial charge in [0.1, 0.15) is 0 Å². The first-order valence-electron chi connectivity index (χ1n) is 0. The minimum Gasteiger partial charge on any atom is -0.114 e. The zero-order valence-corrected chi connectivity index (χ0v) is 9.17. The van der Waals surface area contributed by atoms with E-state index in [9.17, 15) is 0 Å². The summed E-state index contributed by atoms with van der Waals surface area (Å²) in [5.41, 5.74) is 0. The Morgan fingerprint density at radius 2 is 0.500 bits per heavy atom. The summed E-state index contributed by atoms with van der Waals surface area (Å²) in [5, 5.41) is 0. The topological polar surface area (TPSA) is 0 Å². The zero-order valence-electron chi connectivity index (χ0n) is 1.60. The van der Waals surface area contributed by atoms with Crippen molar-refractivity contribution in [2.75, 3.05) is 0 Å². The predicted octanol–water partition coefficient (Wildman–Crippen LogP) is 1.73. The fraction of sp³-hybridized carbons (Fsp3) is 0. The normalized spacial score (nSPS) is 0. The summed E-state index contributed by atoms with van der Waals surface area (Å²) in [6, 6.07) is 0. The van der Waals surface area contributed by atoms with Crippen LogP contribution in [0.4, 0.5) is 0 Å². The first kappa shape index (κ1) is 27.9. The molecule has 0 aliphatic rings. The Morgan fingerprint density at radius 3 is 0.500 bits per heavy atom. The standard InChI is InChI=1S/3BrH.Eu/h3*1H;. The molecule has 0 atom stereocenters. The molecule has 0 bridgehead atoms. The predicted molar refractivity (Wildman–Crippen MR) is 31.0 cm³/mol. The Hall–Kier alpha value is 3.02. The fourth-order valence-electron chi connectivity index (χ4n) is 0. The van der Waals surface area contributed by atoms with E-state index in [0.29, 0.717) is 0 Å². The van der Waals surface area contributed by atoms with Crippen molar-refractivity contribution in [1.29, 1.82) is 0 Å². The molecule has 0 saturated heterocycles. The van der Waals surface area contributed by atoms with Crippen LogP contribution in [0, 0.1) is 49.4 Å². The summed E-state index contributed by atoms with van der Waals surface area (Å²) in [6.07, 6.45) is 0. The van der Waals surface area contributed by atoms with Gasteiger partial charge in [-0.1, -0.05) is 0 Å². The van der Waals surface area contributed by atoms with Crippen molar-refractivity contribution in [3.8, 4) is 0 Å². The fourth-order valence-corrected chi connectivity index (χ4v) is 0. The van der Waals surface area contributed by atoms with Crippen molar-refractivity contribution in [2.24, 2.45) is 0 Å². The molecular formula is H3Br3Eu. The van der Waals surface area contributed by atoms with Gasteiger partial charge < -0.3 is 0 Å². The van der Waals surface area contributed by atoms with E-state index in [2.05, 4.69) is 0 Å². The SMILES string of the molecule is Br.Br.Br.[Eu]. The molecule has 0 heterocycles. The van der Waals surface area contributed by atoms with Gasteiger partial charge in [-0.05, 0) is 0 Å². The second-order valence-corrected chi connectivity index (χ2v) is 0. The van der Waals surface area contributed by atoms with Gasteiger partial charge in [0, 0.05) is 49.4 Å². The molecule has 0 rings (SSSR count). The third-order valence-electron chi connectivity index (χ3n) is 0. The molecule has 0 aliphatic heterocycles. The van der Waals surface area contributed by atoms with Crippen molar-refractivity contribution < 1.29 is 49.4 Å². The van der Waals surface area contributed by atoms with Crippen LogP contribution < -0.4 is 0 Å². The minimum atomic E-state index is 0. The molecule has 1 radical (unpaired) electrons. The summed E-state index contributed by atoms with van der Waals surface area (Å²) >= 11 is 0. The minimum absolute atomic E-state index is 0. The van der Waals surface area contributed by atoms with Gasteiger partial charge in [-0.25, -0.2) is 0 Å². The van der Waals surface area contributed by atoms with E-state index in [0.717, 1.165) is 0 Å². The smallest absolute Gasteiger partial charge is 0 e. The Balaban J connectivity index is 0. The molecule has 0 aromatic heterocycles. The van der Waals surface area contributed by atoms with Gasteiger partial charge >= 0.3 is 0 Å². The van der Waals surface area contributed by atoms with E-state index in [1.165, 1.54) is 0 Å². The largest absolute Gasteiger partial charge is 0.114 e. The molecule has 0 spiro atoms. The van der Waals surface area contributed by atoms with Crippen LogP contribution in [-0.2, 0) is 0 Å². The monoisotopic (exact) mass is 393 g/mol. The molecule has 0 aliphatic carbocycles. The third-order valence-corrected chi connectivity index (χ3v) is 0. The summed E-state index contributed by atoms with van der Waals surface area (Å²) in [4.78, 5) is 0. The molecule has 0 aromatic rings. The van der Waals surface area contributed by atoms with Gasteiger partial charge in [0.05, 0.1) is 0 Å². The van der Waals surface area contributed by atoms with Crippen molar-refractivity contribution in [3.05, 3.63) is 0 Å². The van der Waals surface area contributed by atoms with Crippen molar-refractivity contribution in [1.82, 2.24) is 0 Å². The number of hydrogen-bond acceptors (Lipinski definition) is 0. The maximum atomic E-state index is 0. The Labute approximate surface area is 97.9 Å². The molecule has 31 valence electrons. The van der Waals surface area contributed by atoms with Crippen molar-refractivity contribution in [3.63, 3.8) is 0 Å². The van der Waals surface area contributed by atoms with Crippen LogP contribution in [0.15, 0.2) is 0 Å². The molecule has 4 heteroatoms. The average molecular weight is 395 g/mol. The molecular weight excluding hydrogens is 392 g/mol. The Morgan fingerprint density at radius 1 is 0.500 bits per heavy atom. The number of rotatable bonds is 0. The first-order chi connectivity index (χ1) is 0. The van der Waals surface area contributed by atoms with E-state index in [1.54, 1.807) is 0 Å². The van der Waals surface area contributed by atoms with E-state index >= 15 is 0 Å². The molecule has 0 saturated carbocycles. The van der Waals surface area contributed by atoms with Gasteiger partial charge in [0.15, 0.2) is 0 Å². The van der Waals surface area contributed by atoms with Crippen LogP contribution in [0.5, 0.6) is 0 Å². The summed E-state index contributed by atoms with van der Waals surface area (Å²) < 4.78 is 0. The quantitative estimate of drug-likeness (QED) is 0.587. The molecule has 0 fully saturated rings. The molecule has 0 aromatic carbocycles. The maximum absolute atomic E-state index is 0. The van der Waals surface area contributed by atoms with Crippen LogP contribution >= 0.6 is 50.9 Å². The van der Waals surface area contributed by atoms with Gasteiger partial charge in [0.25, 0.3) is 0 Å². The molecule has 0 N–H and O–H groups in total. The van der Waals surface area contributed by atoms with E-state index in [4.69, 9.17) is 0 Å². The Bertz CT molecular complexity index is 3.25. The third kappa shape index (κ3) is 8.90. The maximum Gasteiger partial charge on any atom is 0 e. The van der Waals surface area contributed by atoms with Crippen LogP contribution in [0.1, 0.15) is 0 Å². The molecule has 0 amide bonds.